The van der Waals surface area contributed by atoms with E-state index in [1.807, 2.05) is 42.5 Å². The largest absolute Gasteiger partial charge is 0.493 e. The van der Waals surface area contributed by atoms with Crippen molar-refractivity contribution < 1.29 is 23.5 Å². The van der Waals surface area contributed by atoms with Crippen LogP contribution in [0.4, 0.5) is 15.8 Å². The van der Waals surface area contributed by atoms with E-state index >= 15 is 0 Å². The number of hydrogen-bond donors (Lipinski definition) is 2. The lowest BCUT2D eigenvalue weighted by Crippen LogP contribution is -2.19. The zero-order valence-corrected chi connectivity index (χ0v) is 22.1. The summed E-state index contributed by atoms with van der Waals surface area (Å²) >= 11 is 7.22. The molecule has 2 amide bonds. The number of anilines is 2. The summed E-state index contributed by atoms with van der Waals surface area (Å²) < 4.78 is 24.0. The summed E-state index contributed by atoms with van der Waals surface area (Å²) in [5.74, 6) is -0.150. The van der Waals surface area contributed by atoms with Crippen molar-refractivity contribution in [2.45, 2.75) is 10.1 Å². The van der Waals surface area contributed by atoms with Crippen molar-refractivity contribution in [2.24, 2.45) is 0 Å². The van der Waals surface area contributed by atoms with E-state index in [-0.39, 0.29) is 16.8 Å². The second-order valence-corrected chi connectivity index (χ2v) is 9.66. The third-order valence-corrected chi connectivity index (χ3v) is 7.10. The number of ether oxygens (including phenoxy) is 2. The molecule has 1 unspecified atom stereocenters. The van der Waals surface area contributed by atoms with Gasteiger partial charge in [-0.2, -0.15) is 0 Å². The van der Waals surface area contributed by atoms with Crippen molar-refractivity contribution in [3.63, 3.8) is 0 Å². The van der Waals surface area contributed by atoms with Gasteiger partial charge in [0.1, 0.15) is 11.1 Å². The first-order chi connectivity index (χ1) is 18.4. The second-order valence-electron chi connectivity index (χ2n) is 8.07. The number of amides is 2. The minimum Gasteiger partial charge on any atom is -0.493 e. The first-order valence-electron chi connectivity index (χ1n) is 11.5. The van der Waals surface area contributed by atoms with Gasteiger partial charge in [-0.3, -0.25) is 9.59 Å². The van der Waals surface area contributed by atoms with Gasteiger partial charge in [0.05, 0.1) is 19.2 Å². The average molecular weight is 551 g/mol. The number of halogens is 2. The second kappa shape index (κ2) is 12.5. The van der Waals surface area contributed by atoms with Gasteiger partial charge >= 0.3 is 0 Å². The third-order valence-electron chi connectivity index (χ3n) is 5.54. The molecule has 4 aromatic carbocycles. The molecule has 9 heteroatoms. The summed E-state index contributed by atoms with van der Waals surface area (Å²) in [6, 6.07) is 25.5. The summed E-state index contributed by atoms with van der Waals surface area (Å²) in [6.07, 6.45) is 0. The summed E-state index contributed by atoms with van der Waals surface area (Å²) in [7, 11) is 3.04. The summed E-state index contributed by atoms with van der Waals surface area (Å²) in [5.41, 5.74) is 2.21. The number of benzene rings is 4. The predicted molar refractivity (Wildman–Crippen MR) is 149 cm³/mol. The molecule has 0 aromatic heterocycles. The smallest absolute Gasteiger partial charge is 0.255 e. The molecule has 0 fully saturated rings. The first-order valence-corrected chi connectivity index (χ1v) is 12.7. The van der Waals surface area contributed by atoms with Crippen molar-refractivity contribution >= 4 is 46.6 Å². The fraction of sp³-hybridized carbons (Fsp3) is 0.103. The molecule has 0 aliphatic carbocycles. The zero-order valence-electron chi connectivity index (χ0n) is 20.5. The van der Waals surface area contributed by atoms with Crippen LogP contribution >= 0.6 is 23.4 Å². The van der Waals surface area contributed by atoms with E-state index in [1.165, 1.54) is 44.2 Å². The summed E-state index contributed by atoms with van der Waals surface area (Å²) in [4.78, 5) is 26.8. The lowest BCUT2D eigenvalue weighted by atomic mass is 10.1. The van der Waals surface area contributed by atoms with Crippen LogP contribution in [0.1, 0.15) is 21.2 Å². The van der Waals surface area contributed by atoms with Crippen molar-refractivity contribution in [3.8, 4) is 11.5 Å². The molecule has 0 spiro atoms. The van der Waals surface area contributed by atoms with E-state index in [0.29, 0.717) is 28.4 Å². The SMILES string of the molecule is COc1ccc(C(=O)Nc2ccc(SC(C(=O)Nc3ccc(F)c(Cl)c3)c3ccccc3)cc2)cc1OC. The number of methoxy groups -OCH3 is 2. The van der Waals surface area contributed by atoms with Gasteiger partial charge in [-0.1, -0.05) is 41.9 Å². The zero-order chi connectivity index (χ0) is 27.1. The number of nitrogens with one attached hydrogen (secondary N) is 2. The van der Waals surface area contributed by atoms with Crippen LogP contribution in [-0.2, 0) is 4.79 Å². The first kappa shape index (κ1) is 27.0. The molecule has 0 bridgehead atoms. The molecular weight excluding hydrogens is 527 g/mol. The predicted octanol–water partition coefficient (Wildman–Crippen LogP) is 7.22. The Balaban J connectivity index is 1.48. The lowest BCUT2D eigenvalue weighted by Gasteiger charge is -2.17. The molecule has 0 aliphatic heterocycles. The molecule has 1 atom stereocenters. The minimum absolute atomic E-state index is 0.0718. The molecular formula is C29H24ClFN2O4S. The van der Waals surface area contributed by atoms with Crippen LogP contribution < -0.4 is 20.1 Å². The van der Waals surface area contributed by atoms with E-state index in [9.17, 15) is 14.0 Å². The number of carbonyl (C=O) groups excluding carboxylic acids is 2. The van der Waals surface area contributed by atoms with Gasteiger partial charge in [-0.25, -0.2) is 4.39 Å². The highest BCUT2D eigenvalue weighted by molar-refractivity contribution is 8.00. The minimum atomic E-state index is -0.591. The molecule has 0 aliphatic rings. The lowest BCUT2D eigenvalue weighted by molar-refractivity contribution is -0.115. The molecule has 0 saturated carbocycles. The third kappa shape index (κ3) is 6.65. The van der Waals surface area contributed by atoms with Crippen LogP contribution in [0.15, 0.2) is 95.9 Å². The van der Waals surface area contributed by atoms with Gasteiger partial charge in [-0.15, -0.1) is 11.8 Å². The van der Waals surface area contributed by atoms with Crippen LogP contribution in [0.3, 0.4) is 0 Å². The maximum atomic E-state index is 13.5. The summed E-state index contributed by atoms with van der Waals surface area (Å²) in [6.45, 7) is 0. The van der Waals surface area contributed by atoms with Crippen LogP contribution in [0.25, 0.3) is 0 Å². The van der Waals surface area contributed by atoms with E-state index in [2.05, 4.69) is 10.6 Å². The number of hydrogen-bond acceptors (Lipinski definition) is 5. The monoisotopic (exact) mass is 550 g/mol. The topological polar surface area (TPSA) is 76.7 Å². The molecule has 38 heavy (non-hydrogen) atoms. The van der Waals surface area contributed by atoms with Crippen LogP contribution in [0.5, 0.6) is 11.5 Å². The van der Waals surface area contributed by atoms with Gasteiger partial charge in [0.15, 0.2) is 11.5 Å². The van der Waals surface area contributed by atoms with E-state index in [1.54, 1.807) is 30.3 Å². The molecule has 0 radical (unpaired) electrons. The van der Waals surface area contributed by atoms with Gasteiger partial charge in [0.25, 0.3) is 5.91 Å². The van der Waals surface area contributed by atoms with Gasteiger partial charge < -0.3 is 20.1 Å². The standard InChI is InChI=1S/C29H24ClFN2O4S/c1-36-25-15-8-19(16-26(25)37-2)28(34)32-20-9-12-22(13-10-20)38-27(18-6-4-3-5-7-18)29(35)33-21-11-14-24(31)23(30)17-21/h3-17,27H,1-2H3,(H,32,34)(H,33,35). The number of rotatable bonds is 9. The van der Waals surface area contributed by atoms with Crippen LogP contribution in [0, 0.1) is 5.82 Å². The van der Waals surface area contributed by atoms with E-state index in [4.69, 9.17) is 21.1 Å². The Bertz CT molecular complexity index is 1430. The van der Waals surface area contributed by atoms with Gasteiger partial charge in [0.2, 0.25) is 5.91 Å². The number of carbonyl (C=O) groups is 2. The molecule has 194 valence electrons. The van der Waals surface area contributed by atoms with Crippen molar-refractivity contribution in [3.05, 3.63) is 113 Å². The summed E-state index contributed by atoms with van der Waals surface area (Å²) in [5, 5.41) is 5.01. The highest BCUT2D eigenvalue weighted by Crippen LogP contribution is 2.37. The Morgan fingerprint density at radius 1 is 0.816 bits per heavy atom. The van der Waals surface area contributed by atoms with Crippen molar-refractivity contribution in [1.82, 2.24) is 0 Å². The van der Waals surface area contributed by atoms with Crippen LogP contribution in [0.2, 0.25) is 5.02 Å². The molecule has 4 aromatic rings. The van der Waals surface area contributed by atoms with E-state index < -0.39 is 11.1 Å². The fourth-order valence-electron chi connectivity index (χ4n) is 3.62. The maximum absolute atomic E-state index is 13.5. The van der Waals surface area contributed by atoms with Crippen molar-refractivity contribution in [2.75, 3.05) is 24.9 Å². The highest BCUT2D eigenvalue weighted by atomic mass is 35.5. The van der Waals surface area contributed by atoms with Crippen LogP contribution in [-0.4, -0.2) is 26.0 Å². The van der Waals surface area contributed by atoms with Gasteiger partial charge in [0, 0.05) is 21.8 Å². The normalized spacial score (nSPS) is 11.4. The highest BCUT2D eigenvalue weighted by Gasteiger charge is 2.22. The molecule has 0 heterocycles. The molecule has 6 nitrogen and oxygen atoms in total. The van der Waals surface area contributed by atoms with Gasteiger partial charge in [-0.05, 0) is 66.2 Å². The Kier molecular flexibility index (Phi) is 8.89. The average Bonchev–Trinajstić information content (AvgIpc) is 2.94. The Morgan fingerprint density at radius 2 is 1.50 bits per heavy atom. The van der Waals surface area contributed by atoms with E-state index in [0.717, 1.165) is 10.5 Å². The Morgan fingerprint density at radius 3 is 2.16 bits per heavy atom. The number of thioether (sulfide) groups is 1. The quantitative estimate of drug-likeness (QED) is 0.215. The molecule has 2 N–H and O–H groups in total. The molecule has 0 saturated heterocycles. The fourth-order valence-corrected chi connectivity index (χ4v) is 4.82. The maximum Gasteiger partial charge on any atom is 0.255 e. The molecule has 4 rings (SSSR count). The Labute approximate surface area is 229 Å². The van der Waals surface area contributed by atoms with Crippen molar-refractivity contribution in [1.29, 1.82) is 0 Å². The Hall–Kier alpha value is -4.01.